The maximum Gasteiger partial charge on any atom is 0.231 e. The molecule has 0 fully saturated rings. The largest absolute Gasteiger partial charge is 0.454 e. The zero-order chi connectivity index (χ0) is 17.2. The Bertz CT molecular complexity index is 506. The summed E-state index contributed by atoms with van der Waals surface area (Å²) >= 11 is 0. The summed E-state index contributed by atoms with van der Waals surface area (Å²) in [5, 5.41) is 0. The number of fused-ring (bicyclic) bond motifs is 1. The second-order valence-corrected chi connectivity index (χ2v) is 6.48. The van der Waals surface area contributed by atoms with Gasteiger partial charge in [-0.3, -0.25) is 4.79 Å². The van der Waals surface area contributed by atoms with Gasteiger partial charge in [0.15, 0.2) is 11.5 Å². The molecule has 1 heterocycles. The zero-order valence-electron chi connectivity index (χ0n) is 15.2. The molecule has 24 heavy (non-hydrogen) atoms. The number of nitrogens with zero attached hydrogens (tertiary/aromatic N) is 1. The van der Waals surface area contributed by atoms with Gasteiger partial charge in [0, 0.05) is 19.5 Å². The van der Waals surface area contributed by atoms with Crippen molar-refractivity contribution in [3.8, 4) is 11.5 Å². The Hall–Kier alpha value is -1.71. The van der Waals surface area contributed by atoms with E-state index >= 15 is 0 Å². The average Bonchev–Trinajstić information content (AvgIpc) is 3.06. The van der Waals surface area contributed by atoms with E-state index in [0.29, 0.717) is 13.2 Å². The van der Waals surface area contributed by atoms with Gasteiger partial charge in [0.2, 0.25) is 12.7 Å². The summed E-state index contributed by atoms with van der Waals surface area (Å²) in [6.07, 6.45) is 8.31. The van der Waals surface area contributed by atoms with Crippen molar-refractivity contribution >= 4 is 5.91 Å². The third-order valence-electron chi connectivity index (χ3n) is 4.48. The van der Waals surface area contributed by atoms with Gasteiger partial charge in [-0.05, 0) is 37.0 Å². The number of carbonyl (C=O) groups is 1. The SMILES string of the molecule is CCCCCN(CCCCC)C(=O)CCc1ccc2c(c1)OCO2. The van der Waals surface area contributed by atoms with Gasteiger partial charge in [0.1, 0.15) is 0 Å². The zero-order valence-corrected chi connectivity index (χ0v) is 15.2. The second kappa shape index (κ2) is 10.2. The molecule has 2 rings (SSSR count). The highest BCUT2D eigenvalue weighted by Crippen LogP contribution is 2.32. The number of hydrogen-bond acceptors (Lipinski definition) is 3. The maximum absolute atomic E-state index is 12.6. The molecule has 0 unspecified atom stereocenters. The van der Waals surface area contributed by atoms with Crippen molar-refractivity contribution in [2.24, 2.45) is 0 Å². The van der Waals surface area contributed by atoms with Crippen LogP contribution in [0.2, 0.25) is 0 Å². The van der Waals surface area contributed by atoms with Crippen molar-refractivity contribution in [3.05, 3.63) is 23.8 Å². The van der Waals surface area contributed by atoms with Gasteiger partial charge in [-0.25, -0.2) is 0 Å². The topological polar surface area (TPSA) is 38.8 Å². The average molecular weight is 333 g/mol. The number of amides is 1. The lowest BCUT2D eigenvalue weighted by atomic mass is 10.1. The standard InChI is InChI=1S/C20H31NO3/c1-3-5-7-13-21(14-8-6-4-2)20(22)12-10-17-9-11-18-19(15-17)24-16-23-18/h9,11,15H,3-8,10,12-14,16H2,1-2H3. The molecule has 1 aromatic carbocycles. The van der Waals surface area contributed by atoms with E-state index in [9.17, 15) is 4.79 Å². The number of unbranched alkanes of at least 4 members (excludes halogenated alkanes) is 4. The molecule has 1 aromatic rings. The normalized spacial score (nSPS) is 12.4. The first-order valence-corrected chi connectivity index (χ1v) is 9.41. The third kappa shape index (κ3) is 5.73. The van der Waals surface area contributed by atoms with E-state index in [1.165, 1.54) is 25.7 Å². The lowest BCUT2D eigenvalue weighted by Crippen LogP contribution is -2.33. The van der Waals surface area contributed by atoms with Crippen LogP contribution >= 0.6 is 0 Å². The number of rotatable bonds is 11. The fourth-order valence-corrected chi connectivity index (χ4v) is 2.97. The van der Waals surface area contributed by atoms with Crippen LogP contribution in [-0.2, 0) is 11.2 Å². The quantitative estimate of drug-likeness (QED) is 0.557. The molecule has 0 radical (unpaired) electrons. The molecule has 0 N–H and O–H groups in total. The molecule has 4 nitrogen and oxygen atoms in total. The molecule has 0 atom stereocenters. The molecule has 1 amide bonds. The van der Waals surface area contributed by atoms with Crippen LogP contribution in [0.3, 0.4) is 0 Å². The Labute approximate surface area is 146 Å². The first-order valence-electron chi connectivity index (χ1n) is 9.41. The number of carbonyl (C=O) groups excluding carboxylic acids is 1. The van der Waals surface area contributed by atoms with E-state index in [2.05, 4.69) is 18.7 Å². The molecule has 4 heteroatoms. The maximum atomic E-state index is 12.6. The fourth-order valence-electron chi connectivity index (χ4n) is 2.97. The monoisotopic (exact) mass is 333 g/mol. The summed E-state index contributed by atoms with van der Waals surface area (Å²) in [5.74, 6) is 1.87. The van der Waals surface area contributed by atoms with Crippen molar-refractivity contribution in [2.75, 3.05) is 19.9 Å². The first kappa shape index (κ1) is 18.6. The highest BCUT2D eigenvalue weighted by molar-refractivity contribution is 5.76. The van der Waals surface area contributed by atoms with Crippen molar-refractivity contribution in [2.45, 2.75) is 65.2 Å². The minimum atomic E-state index is 0.278. The molecule has 134 valence electrons. The summed E-state index contributed by atoms with van der Waals surface area (Å²) in [6.45, 7) is 6.49. The summed E-state index contributed by atoms with van der Waals surface area (Å²) < 4.78 is 10.7. The van der Waals surface area contributed by atoms with Gasteiger partial charge in [-0.1, -0.05) is 45.6 Å². The van der Waals surface area contributed by atoms with Crippen molar-refractivity contribution < 1.29 is 14.3 Å². The molecular formula is C20H31NO3. The molecule has 1 aliphatic rings. The van der Waals surface area contributed by atoms with Crippen LogP contribution in [0.1, 0.15) is 64.4 Å². The summed E-state index contributed by atoms with van der Waals surface area (Å²) in [7, 11) is 0. The highest BCUT2D eigenvalue weighted by Gasteiger charge is 2.16. The Kier molecular flexibility index (Phi) is 7.93. The van der Waals surface area contributed by atoms with Crippen LogP contribution in [0, 0.1) is 0 Å². The van der Waals surface area contributed by atoms with Gasteiger partial charge < -0.3 is 14.4 Å². The van der Waals surface area contributed by atoms with Gasteiger partial charge in [-0.15, -0.1) is 0 Å². The Balaban J connectivity index is 1.83. The lowest BCUT2D eigenvalue weighted by Gasteiger charge is -2.23. The van der Waals surface area contributed by atoms with Crippen molar-refractivity contribution in [3.63, 3.8) is 0 Å². The van der Waals surface area contributed by atoms with Crippen LogP contribution in [0.15, 0.2) is 18.2 Å². The molecule has 0 saturated heterocycles. The minimum Gasteiger partial charge on any atom is -0.454 e. The third-order valence-corrected chi connectivity index (χ3v) is 4.48. The summed E-state index contributed by atoms with van der Waals surface area (Å²) in [6, 6.07) is 5.95. The van der Waals surface area contributed by atoms with E-state index < -0.39 is 0 Å². The highest BCUT2D eigenvalue weighted by atomic mass is 16.7. The van der Waals surface area contributed by atoms with Crippen LogP contribution in [-0.4, -0.2) is 30.7 Å². The molecule has 1 aliphatic heterocycles. The minimum absolute atomic E-state index is 0.278. The van der Waals surface area contributed by atoms with Gasteiger partial charge in [0.25, 0.3) is 0 Å². The fraction of sp³-hybridized carbons (Fsp3) is 0.650. The first-order chi connectivity index (χ1) is 11.7. The number of aryl methyl sites for hydroxylation is 1. The van der Waals surface area contributed by atoms with E-state index in [0.717, 1.165) is 49.4 Å². The van der Waals surface area contributed by atoms with Crippen LogP contribution in [0.5, 0.6) is 11.5 Å². The van der Waals surface area contributed by atoms with Gasteiger partial charge in [-0.2, -0.15) is 0 Å². The number of benzene rings is 1. The Morgan fingerprint density at radius 2 is 1.67 bits per heavy atom. The van der Waals surface area contributed by atoms with Crippen LogP contribution in [0.4, 0.5) is 0 Å². The van der Waals surface area contributed by atoms with Crippen LogP contribution in [0.25, 0.3) is 0 Å². The Morgan fingerprint density at radius 1 is 1.00 bits per heavy atom. The van der Waals surface area contributed by atoms with E-state index in [1.807, 2.05) is 18.2 Å². The van der Waals surface area contributed by atoms with Crippen molar-refractivity contribution in [1.29, 1.82) is 0 Å². The van der Waals surface area contributed by atoms with E-state index in [-0.39, 0.29) is 5.91 Å². The van der Waals surface area contributed by atoms with Crippen molar-refractivity contribution in [1.82, 2.24) is 4.90 Å². The molecular weight excluding hydrogens is 302 g/mol. The Morgan fingerprint density at radius 3 is 2.33 bits per heavy atom. The molecule has 0 spiro atoms. The van der Waals surface area contributed by atoms with Gasteiger partial charge >= 0.3 is 0 Å². The summed E-state index contributed by atoms with van der Waals surface area (Å²) in [4.78, 5) is 14.7. The van der Waals surface area contributed by atoms with Crippen LogP contribution < -0.4 is 9.47 Å². The molecule has 0 saturated carbocycles. The summed E-state index contributed by atoms with van der Waals surface area (Å²) in [5.41, 5.74) is 1.13. The molecule has 0 bridgehead atoms. The van der Waals surface area contributed by atoms with Gasteiger partial charge in [0.05, 0.1) is 0 Å². The molecule has 0 aromatic heterocycles. The second-order valence-electron chi connectivity index (χ2n) is 6.48. The number of ether oxygens (including phenoxy) is 2. The predicted molar refractivity (Wildman–Crippen MR) is 96.5 cm³/mol. The smallest absolute Gasteiger partial charge is 0.231 e. The number of hydrogen-bond donors (Lipinski definition) is 0. The lowest BCUT2D eigenvalue weighted by molar-refractivity contribution is -0.131. The van der Waals surface area contributed by atoms with E-state index in [4.69, 9.17) is 9.47 Å². The molecule has 0 aliphatic carbocycles. The van der Waals surface area contributed by atoms with E-state index in [1.54, 1.807) is 0 Å². The predicted octanol–water partition coefficient (Wildman–Crippen LogP) is 4.56.